The number of urea groups is 1. The molecule has 2 amide bonds. The molecule has 0 bridgehead atoms. The minimum absolute atomic E-state index is 0.138. The van der Waals surface area contributed by atoms with Crippen LogP contribution in [0, 0.1) is 13.8 Å². The number of amides is 2. The number of fused-ring (bicyclic) bond motifs is 1. The van der Waals surface area contributed by atoms with E-state index >= 15 is 0 Å². The molecule has 0 aliphatic heterocycles. The van der Waals surface area contributed by atoms with E-state index in [1.165, 1.54) is 0 Å². The molecule has 1 heterocycles. The van der Waals surface area contributed by atoms with Gasteiger partial charge < -0.3 is 10.2 Å². The Hall–Kier alpha value is -3.58. The minimum atomic E-state index is -0.451. The third kappa shape index (κ3) is 5.16. The summed E-state index contributed by atoms with van der Waals surface area (Å²) >= 11 is 1.65. The second-order valence-electron chi connectivity index (χ2n) is 8.95. The molecule has 186 valence electrons. The summed E-state index contributed by atoms with van der Waals surface area (Å²) in [7, 11) is 0. The van der Waals surface area contributed by atoms with Crippen molar-refractivity contribution in [2.24, 2.45) is 0 Å². The van der Waals surface area contributed by atoms with Crippen molar-refractivity contribution in [1.82, 2.24) is 14.5 Å². The second kappa shape index (κ2) is 11.0. The van der Waals surface area contributed by atoms with Gasteiger partial charge in [0.15, 0.2) is 0 Å². The van der Waals surface area contributed by atoms with Crippen LogP contribution in [0.15, 0.2) is 76.4 Å². The molecule has 0 fully saturated rings. The van der Waals surface area contributed by atoms with Gasteiger partial charge in [-0.25, -0.2) is 9.78 Å². The van der Waals surface area contributed by atoms with Gasteiger partial charge in [0.1, 0.15) is 5.82 Å². The molecule has 1 N–H and O–H groups in total. The molecular weight excluding hydrogens is 468 g/mol. The average Bonchev–Trinajstić information content (AvgIpc) is 2.89. The van der Waals surface area contributed by atoms with Crippen LogP contribution in [-0.2, 0) is 0 Å². The fourth-order valence-electron chi connectivity index (χ4n) is 4.34. The number of aryl methyl sites for hydroxylation is 2. The summed E-state index contributed by atoms with van der Waals surface area (Å²) in [5, 5.41) is 3.57. The van der Waals surface area contributed by atoms with E-state index < -0.39 is 6.04 Å². The number of carbonyl (C=O) groups is 1. The molecule has 1 atom stereocenters. The number of hydrogen-bond acceptors (Lipinski definition) is 4. The molecule has 7 heteroatoms. The summed E-state index contributed by atoms with van der Waals surface area (Å²) in [4.78, 5) is 35.1. The monoisotopic (exact) mass is 500 g/mol. The minimum Gasteiger partial charge on any atom is -0.315 e. The number of nitrogens with one attached hydrogen (secondary N) is 1. The molecule has 0 saturated carbocycles. The Labute approximate surface area is 216 Å². The van der Waals surface area contributed by atoms with Crippen LogP contribution in [0.2, 0.25) is 0 Å². The maximum Gasteiger partial charge on any atom is 0.322 e. The number of rotatable bonds is 7. The molecule has 3 aromatic carbocycles. The van der Waals surface area contributed by atoms with Crippen molar-refractivity contribution in [3.8, 4) is 5.69 Å². The first-order chi connectivity index (χ1) is 17.3. The van der Waals surface area contributed by atoms with Crippen LogP contribution in [0.4, 0.5) is 10.5 Å². The summed E-state index contributed by atoms with van der Waals surface area (Å²) in [6.07, 6.45) is 2.79. The van der Waals surface area contributed by atoms with Crippen LogP contribution in [0.1, 0.15) is 43.3 Å². The summed E-state index contributed by atoms with van der Waals surface area (Å²) < 4.78 is 1.68. The number of benzene rings is 3. The highest BCUT2D eigenvalue weighted by Crippen LogP contribution is 2.26. The highest BCUT2D eigenvalue weighted by molar-refractivity contribution is 7.98. The number of anilines is 1. The van der Waals surface area contributed by atoms with Gasteiger partial charge >= 0.3 is 6.03 Å². The van der Waals surface area contributed by atoms with Crippen LogP contribution in [0.25, 0.3) is 16.6 Å². The zero-order chi connectivity index (χ0) is 25.8. The van der Waals surface area contributed by atoms with Crippen LogP contribution in [-0.4, -0.2) is 33.3 Å². The van der Waals surface area contributed by atoms with Gasteiger partial charge in [-0.3, -0.25) is 9.36 Å². The van der Waals surface area contributed by atoms with Crippen LogP contribution in [0.5, 0.6) is 0 Å². The number of thioether (sulfide) groups is 1. The maximum atomic E-state index is 13.8. The predicted octanol–water partition coefficient (Wildman–Crippen LogP) is 6.73. The van der Waals surface area contributed by atoms with E-state index in [2.05, 4.69) is 5.32 Å². The van der Waals surface area contributed by atoms with Gasteiger partial charge in [-0.15, -0.1) is 11.8 Å². The molecule has 0 aliphatic carbocycles. The van der Waals surface area contributed by atoms with E-state index in [9.17, 15) is 9.59 Å². The molecule has 4 rings (SSSR count). The molecule has 4 aromatic rings. The quantitative estimate of drug-likeness (QED) is 0.286. The highest BCUT2D eigenvalue weighted by atomic mass is 32.2. The third-order valence-corrected chi connectivity index (χ3v) is 7.06. The molecule has 6 nitrogen and oxygen atoms in total. The van der Waals surface area contributed by atoms with E-state index in [0.717, 1.165) is 33.8 Å². The topological polar surface area (TPSA) is 67.2 Å². The smallest absolute Gasteiger partial charge is 0.315 e. The number of carbonyl (C=O) groups excluding carboxylic acids is 1. The number of nitrogens with zero attached hydrogens (tertiary/aromatic N) is 3. The largest absolute Gasteiger partial charge is 0.322 e. The van der Waals surface area contributed by atoms with Crippen molar-refractivity contribution in [2.75, 3.05) is 18.1 Å². The SMILES string of the molecule is CCCN(C(=O)Nc1ccc(SC)cc1)C(C)c1nc2ccccc2c(=O)n1-c1cc(C)ccc1C. The normalized spacial score (nSPS) is 11.9. The molecule has 36 heavy (non-hydrogen) atoms. The zero-order valence-corrected chi connectivity index (χ0v) is 22.2. The average molecular weight is 501 g/mol. The van der Waals surface area contributed by atoms with Crippen molar-refractivity contribution in [3.63, 3.8) is 0 Å². The van der Waals surface area contributed by atoms with Crippen molar-refractivity contribution < 1.29 is 4.79 Å². The first-order valence-electron chi connectivity index (χ1n) is 12.1. The predicted molar refractivity (Wildman–Crippen MR) is 149 cm³/mol. The van der Waals surface area contributed by atoms with Crippen molar-refractivity contribution in [3.05, 3.63) is 94.0 Å². The number of para-hydroxylation sites is 1. The van der Waals surface area contributed by atoms with E-state index in [-0.39, 0.29) is 11.6 Å². The fourth-order valence-corrected chi connectivity index (χ4v) is 4.75. The Morgan fingerprint density at radius 2 is 1.81 bits per heavy atom. The lowest BCUT2D eigenvalue weighted by molar-refractivity contribution is 0.189. The molecule has 0 saturated heterocycles. The van der Waals surface area contributed by atoms with Crippen LogP contribution in [0.3, 0.4) is 0 Å². The Bertz CT molecular complexity index is 1450. The van der Waals surface area contributed by atoms with E-state index in [4.69, 9.17) is 4.98 Å². The summed E-state index contributed by atoms with van der Waals surface area (Å²) in [5.41, 5.74) is 4.00. The molecule has 0 spiro atoms. The van der Waals surface area contributed by atoms with Crippen molar-refractivity contribution in [1.29, 1.82) is 0 Å². The molecule has 0 aliphatic rings. The van der Waals surface area contributed by atoms with Crippen LogP contribution < -0.4 is 10.9 Å². The van der Waals surface area contributed by atoms with E-state index in [1.54, 1.807) is 27.3 Å². The Morgan fingerprint density at radius 1 is 1.08 bits per heavy atom. The van der Waals surface area contributed by atoms with E-state index in [0.29, 0.717) is 23.3 Å². The van der Waals surface area contributed by atoms with Gasteiger partial charge in [0, 0.05) is 17.1 Å². The third-order valence-electron chi connectivity index (χ3n) is 6.32. The van der Waals surface area contributed by atoms with Gasteiger partial charge in [0.2, 0.25) is 0 Å². The molecule has 0 radical (unpaired) electrons. The van der Waals surface area contributed by atoms with Crippen molar-refractivity contribution in [2.45, 2.75) is 45.1 Å². The molecule has 1 aromatic heterocycles. The van der Waals surface area contributed by atoms with Gasteiger partial charge in [-0.1, -0.05) is 31.2 Å². The van der Waals surface area contributed by atoms with Gasteiger partial charge in [-0.2, -0.15) is 0 Å². The Balaban J connectivity index is 1.82. The van der Waals surface area contributed by atoms with Gasteiger partial charge in [-0.05, 0) is 87.0 Å². The summed E-state index contributed by atoms with van der Waals surface area (Å²) in [6, 6.07) is 20.5. The standard InChI is InChI=1S/C29H32N4O2S/c1-6-17-32(29(35)30-22-13-15-23(36-5)16-14-22)21(4)27-31-25-10-8-7-9-24(25)28(34)33(27)26-18-19(2)11-12-20(26)3/h7-16,18,21H,6,17H2,1-5H3,(H,30,35). The first-order valence-corrected chi connectivity index (χ1v) is 13.4. The lowest BCUT2D eigenvalue weighted by Crippen LogP contribution is -2.40. The zero-order valence-electron chi connectivity index (χ0n) is 21.4. The van der Waals surface area contributed by atoms with Crippen molar-refractivity contribution >= 4 is 34.4 Å². The van der Waals surface area contributed by atoms with Gasteiger partial charge in [0.25, 0.3) is 5.56 Å². The number of aromatic nitrogens is 2. The maximum absolute atomic E-state index is 13.8. The lowest BCUT2D eigenvalue weighted by atomic mass is 10.1. The molecular formula is C29H32N4O2S. The lowest BCUT2D eigenvalue weighted by Gasteiger charge is -2.30. The number of hydrogen-bond donors (Lipinski definition) is 1. The molecule has 1 unspecified atom stereocenters. The highest BCUT2D eigenvalue weighted by Gasteiger charge is 2.27. The van der Waals surface area contributed by atoms with E-state index in [1.807, 2.05) is 94.6 Å². The Morgan fingerprint density at radius 3 is 2.50 bits per heavy atom. The first kappa shape index (κ1) is 25.5. The summed E-state index contributed by atoms with van der Waals surface area (Å²) in [5.74, 6) is 0.536. The Kier molecular flexibility index (Phi) is 7.79. The fraction of sp³-hybridized carbons (Fsp3) is 0.276. The van der Waals surface area contributed by atoms with Crippen LogP contribution >= 0.6 is 11.8 Å². The second-order valence-corrected chi connectivity index (χ2v) is 9.83. The summed E-state index contributed by atoms with van der Waals surface area (Å²) in [6.45, 7) is 8.48. The van der Waals surface area contributed by atoms with Gasteiger partial charge in [0.05, 0.1) is 22.6 Å².